The zero-order chi connectivity index (χ0) is 36.4. The van der Waals surface area contributed by atoms with Crippen molar-refractivity contribution in [1.82, 2.24) is 24.5 Å². The first-order chi connectivity index (χ1) is 26.4. The van der Waals surface area contributed by atoms with Crippen molar-refractivity contribution in [2.75, 3.05) is 0 Å². The summed E-state index contributed by atoms with van der Waals surface area (Å²) < 4.78 is 8.77. The van der Waals surface area contributed by atoms with Gasteiger partial charge in [-0.25, -0.2) is 15.0 Å². The summed E-state index contributed by atoms with van der Waals surface area (Å²) in [6.07, 6.45) is 1.81. The highest BCUT2D eigenvalue weighted by atomic mass is 16.3. The molecule has 6 heteroatoms. The summed E-state index contributed by atoms with van der Waals surface area (Å²) in [7, 11) is 0. The van der Waals surface area contributed by atoms with E-state index in [1.165, 1.54) is 5.56 Å². The van der Waals surface area contributed by atoms with Gasteiger partial charge in [-0.2, -0.15) is 0 Å². The largest absolute Gasteiger partial charge is 0.455 e. The summed E-state index contributed by atoms with van der Waals surface area (Å²) in [6.45, 7) is 6.65. The molecule has 0 radical (unpaired) electrons. The van der Waals surface area contributed by atoms with E-state index in [1.807, 2.05) is 54.7 Å². The first-order valence-electron chi connectivity index (χ1n) is 18.2. The Kier molecular flexibility index (Phi) is 7.27. The van der Waals surface area contributed by atoms with E-state index in [1.54, 1.807) is 0 Å². The highest BCUT2D eigenvalue weighted by molar-refractivity contribution is 6.13. The smallest absolute Gasteiger partial charge is 0.184 e. The van der Waals surface area contributed by atoms with Crippen LogP contribution in [0.5, 0.6) is 0 Å². The van der Waals surface area contributed by atoms with Gasteiger partial charge >= 0.3 is 0 Å². The van der Waals surface area contributed by atoms with E-state index >= 15 is 0 Å². The normalized spacial score (nSPS) is 12.0. The van der Waals surface area contributed by atoms with Gasteiger partial charge in [-0.1, -0.05) is 142 Å². The standard InChI is InChI=1S/C48H35N5O/c1-48(2,3)33-25-22-31(23-26-33)46-50-45(30-13-5-4-6-14-30)51-47(52-46)43-40(20-12-28-49-43)53-39-19-9-7-15-35(39)36-27-24-32(29-41(36)53)34-17-11-18-38-37-16-8-10-21-42(37)54-44(34)38/h4-29H,1-3H3. The van der Waals surface area contributed by atoms with Gasteiger partial charge in [0.2, 0.25) is 0 Å². The molecule has 0 aliphatic carbocycles. The molecule has 6 aromatic carbocycles. The molecule has 10 rings (SSSR count). The van der Waals surface area contributed by atoms with Crippen molar-refractivity contribution < 1.29 is 4.42 Å². The van der Waals surface area contributed by atoms with Crippen molar-refractivity contribution in [3.05, 3.63) is 163 Å². The third kappa shape index (κ3) is 5.26. The quantitative estimate of drug-likeness (QED) is 0.179. The molecule has 0 bridgehead atoms. The average Bonchev–Trinajstić information content (AvgIpc) is 3.76. The number of nitrogens with zero attached hydrogens (tertiary/aromatic N) is 5. The minimum Gasteiger partial charge on any atom is -0.455 e. The van der Waals surface area contributed by atoms with Gasteiger partial charge in [0.1, 0.15) is 16.9 Å². The van der Waals surface area contributed by atoms with Crippen molar-refractivity contribution in [2.45, 2.75) is 26.2 Å². The third-order valence-electron chi connectivity index (χ3n) is 10.3. The molecule has 4 aromatic heterocycles. The number of aromatic nitrogens is 5. The maximum absolute atomic E-state index is 6.48. The molecule has 10 aromatic rings. The van der Waals surface area contributed by atoms with Gasteiger partial charge in [0.25, 0.3) is 0 Å². The van der Waals surface area contributed by atoms with Crippen molar-refractivity contribution >= 4 is 43.7 Å². The van der Waals surface area contributed by atoms with E-state index in [-0.39, 0.29) is 5.41 Å². The molecule has 4 heterocycles. The third-order valence-corrected chi connectivity index (χ3v) is 10.3. The maximum Gasteiger partial charge on any atom is 0.184 e. The highest BCUT2D eigenvalue weighted by Crippen LogP contribution is 2.40. The van der Waals surface area contributed by atoms with Crippen molar-refractivity contribution in [3.8, 4) is 51.1 Å². The molecule has 0 atom stereocenters. The van der Waals surface area contributed by atoms with Crippen LogP contribution in [-0.4, -0.2) is 24.5 Å². The Morgan fingerprint density at radius 2 is 1.15 bits per heavy atom. The Balaban J connectivity index is 1.20. The Hall–Kier alpha value is -6.92. The molecule has 258 valence electrons. The van der Waals surface area contributed by atoms with Gasteiger partial charge in [-0.3, -0.25) is 4.98 Å². The summed E-state index contributed by atoms with van der Waals surface area (Å²) in [6, 6.07) is 52.5. The number of hydrogen-bond donors (Lipinski definition) is 0. The molecule has 0 saturated heterocycles. The molecule has 0 unspecified atom stereocenters. The van der Waals surface area contributed by atoms with Crippen LogP contribution in [0.4, 0.5) is 0 Å². The number of fused-ring (bicyclic) bond motifs is 6. The molecular formula is C48H35N5O. The van der Waals surface area contributed by atoms with E-state index in [0.717, 1.165) is 71.7 Å². The summed E-state index contributed by atoms with van der Waals surface area (Å²) >= 11 is 0. The Bertz CT molecular complexity index is 3020. The summed E-state index contributed by atoms with van der Waals surface area (Å²) in [4.78, 5) is 20.2. The first kappa shape index (κ1) is 31.8. The fraction of sp³-hybridized carbons (Fsp3) is 0.0833. The molecular weight excluding hydrogens is 663 g/mol. The van der Waals surface area contributed by atoms with Crippen molar-refractivity contribution in [1.29, 1.82) is 0 Å². The fourth-order valence-electron chi connectivity index (χ4n) is 7.57. The Morgan fingerprint density at radius 3 is 1.94 bits per heavy atom. The molecule has 6 nitrogen and oxygen atoms in total. The monoisotopic (exact) mass is 697 g/mol. The number of pyridine rings is 1. The average molecular weight is 698 g/mol. The van der Waals surface area contributed by atoms with Crippen LogP contribution < -0.4 is 0 Å². The van der Waals surface area contributed by atoms with Gasteiger partial charge < -0.3 is 8.98 Å². The van der Waals surface area contributed by atoms with Crippen molar-refractivity contribution in [3.63, 3.8) is 0 Å². The van der Waals surface area contributed by atoms with Crippen LogP contribution in [0.1, 0.15) is 26.3 Å². The maximum atomic E-state index is 6.48. The van der Waals surface area contributed by atoms with Crippen LogP contribution in [-0.2, 0) is 5.41 Å². The van der Waals surface area contributed by atoms with E-state index in [9.17, 15) is 0 Å². The zero-order valence-corrected chi connectivity index (χ0v) is 30.2. The second kappa shape index (κ2) is 12.3. The molecule has 0 saturated carbocycles. The van der Waals surface area contributed by atoms with Gasteiger partial charge in [-0.05, 0) is 46.9 Å². The van der Waals surface area contributed by atoms with E-state index < -0.39 is 0 Å². The van der Waals surface area contributed by atoms with Gasteiger partial charge in [-0.15, -0.1) is 0 Å². The molecule has 0 fully saturated rings. The molecule has 0 aliphatic rings. The number of para-hydroxylation sites is 3. The van der Waals surface area contributed by atoms with E-state index in [0.29, 0.717) is 23.2 Å². The second-order valence-corrected chi connectivity index (χ2v) is 14.7. The lowest BCUT2D eigenvalue weighted by atomic mass is 9.87. The molecule has 0 N–H and O–H groups in total. The summed E-state index contributed by atoms with van der Waals surface area (Å²) in [5.41, 5.74) is 10.6. The van der Waals surface area contributed by atoms with Gasteiger partial charge in [0, 0.05) is 44.4 Å². The predicted molar refractivity (Wildman–Crippen MR) is 220 cm³/mol. The first-order valence-corrected chi connectivity index (χ1v) is 18.2. The lowest BCUT2D eigenvalue weighted by molar-refractivity contribution is 0.590. The highest BCUT2D eigenvalue weighted by Gasteiger charge is 2.22. The Morgan fingerprint density at radius 1 is 0.500 bits per heavy atom. The molecule has 54 heavy (non-hydrogen) atoms. The van der Waals surface area contributed by atoms with E-state index in [4.69, 9.17) is 24.4 Å². The van der Waals surface area contributed by atoms with Crippen LogP contribution in [0.2, 0.25) is 0 Å². The number of benzene rings is 6. The van der Waals surface area contributed by atoms with Crippen LogP contribution >= 0.6 is 0 Å². The van der Waals surface area contributed by atoms with Crippen LogP contribution in [0.25, 0.3) is 94.9 Å². The fourth-order valence-corrected chi connectivity index (χ4v) is 7.57. The summed E-state index contributed by atoms with van der Waals surface area (Å²) in [5.74, 6) is 1.69. The molecule has 0 aliphatic heterocycles. The predicted octanol–water partition coefficient (Wildman–Crippen LogP) is 12.2. The van der Waals surface area contributed by atoms with Crippen LogP contribution in [0.15, 0.2) is 162 Å². The topological polar surface area (TPSA) is 69.6 Å². The van der Waals surface area contributed by atoms with Crippen LogP contribution in [0.3, 0.4) is 0 Å². The van der Waals surface area contributed by atoms with Crippen LogP contribution in [0, 0.1) is 0 Å². The number of rotatable bonds is 5. The lowest BCUT2D eigenvalue weighted by Crippen LogP contribution is -2.10. The zero-order valence-electron chi connectivity index (χ0n) is 30.2. The molecule has 0 amide bonds. The number of furan rings is 1. The minimum absolute atomic E-state index is 0.0294. The minimum atomic E-state index is 0.0294. The molecule has 0 spiro atoms. The van der Waals surface area contributed by atoms with Gasteiger partial charge in [0.15, 0.2) is 17.5 Å². The SMILES string of the molecule is CC(C)(C)c1ccc(-c2nc(-c3ccccc3)nc(-c3ncccc3-n3c4ccccc4c4ccc(-c5cccc6c5oc5ccccc56)cc43)n2)cc1. The second-order valence-electron chi connectivity index (χ2n) is 14.7. The van der Waals surface area contributed by atoms with Gasteiger partial charge in [0.05, 0.1) is 16.7 Å². The lowest BCUT2D eigenvalue weighted by Gasteiger charge is -2.19. The summed E-state index contributed by atoms with van der Waals surface area (Å²) in [5, 5.41) is 4.50. The van der Waals surface area contributed by atoms with E-state index in [2.05, 4.69) is 128 Å². The Labute approximate surface area is 312 Å². The van der Waals surface area contributed by atoms with Crippen molar-refractivity contribution in [2.24, 2.45) is 0 Å². The number of hydrogen-bond acceptors (Lipinski definition) is 5.